The lowest BCUT2D eigenvalue weighted by Gasteiger charge is -2.32. The van der Waals surface area contributed by atoms with Crippen LogP contribution in [-0.2, 0) is 14.8 Å². The van der Waals surface area contributed by atoms with E-state index in [1.807, 2.05) is 61.5 Å². The lowest BCUT2D eigenvalue weighted by Crippen LogP contribution is -2.46. The van der Waals surface area contributed by atoms with Gasteiger partial charge in [-0.05, 0) is 55.2 Å². The maximum atomic E-state index is 13.4. The molecular formula is C27H30N2O4S. The molecule has 2 atom stereocenters. The minimum absolute atomic E-state index is 0.135. The van der Waals surface area contributed by atoms with Crippen molar-refractivity contribution in [1.29, 1.82) is 0 Å². The molecule has 178 valence electrons. The Kier molecular flexibility index (Phi) is 7.34. The van der Waals surface area contributed by atoms with Crippen LogP contribution in [0, 0.1) is 12.8 Å². The van der Waals surface area contributed by atoms with E-state index in [-0.39, 0.29) is 23.4 Å². The molecule has 0 spiro atoms. The van der Waals surface area contributed by atoms with Crippen molar-refractivity contribution in [2.75, 3.05) is 20.2 Å². The van der Waals surface area contributed by atoms with Crippen molar-refractivity contribution >= 4 is 15.9 Å². The van der Waals surface area contributed by atoms with Gasteiger partial charge in [-0.1, -0.05) is 60.2 Å². The molecule has 1 aliphatic rings. The van der Waals surface area contributed by atoms with Crippen LogP contribution in [0.15, 0.2) is 83.8 Å². The Morgan fingerprint density at radius 3 is 2.26 bits per heavy atom. The lowest BCUT2D eigenvalue weighted by molar-refractivity contribution is -0.126. The van der Waals surface area contributed by atoms with Crippen molar-refractivity contribution in [2.24, 2.45) is 5.92 Å². The van der Waals surface area contributed by atoms with E-state index < -0.39 is 15.9 Å². The Morgan fingerprint density at radius 1 is 0.971 bits per heavy atom. The molecule has 1 N–H and O–H groups in total. The van der Waals surface area contributed by atoms with Crippen LogP contribution in [0.2, 0.25) is 0 Å². The first kappa shape index (κ1) is 24.0. The SMILES string of the molecule is COc1ccc(S(=O)(=O)N2CCC[C@H](C(=O)N[C@H](c3ccccc3)c3ccc(C)cc3)C2)cc1. The van der Waals surface area contributed by atoms with Gasteiger partial charge in [0.05, 0.1) is 24.0 Å². The molecule has 3 aromatic rings. The first-order valence-electron chi connectivity index (χ1n) is 11.4. The quantitative estimate of drug-likeness (QED) is 0.549. The topological polar surface area (TPSA) is 75.7 Å². The highest BCUT2D eigenvalue weighted by atomic mass is 32.2. The number of carbonyl (C=O) groups excluding carboxylic acids is 1. The third-order valence-corrected chi connectivity index (χ3v) is 8.16. The van der Waals surface area contributed by atoms with E-state index >= 15 is 0 Å². The predicted octanol–water partition coefficient (Wildman–Crippen LogP) is 4.31. The van der Waals surface area contributed by atoms with Gasteiger partial charge < -0.3 is 10.1 Å². The number of hydrogen-bond acceptors (Lipinski definition) is 4. The average molecular weight is 479 g/mol. The Labute approximate surface area is 201 Å². The molecule has 1 fully saturated rings. The minimum atomic E-state index is -3.69. The number of amides is 1. The molecule has 1 aliphatic heterocycles. The number of sulfonamides is 1. The van der Waals surface area contributed by atoms with Crippen LogP contribution in [-0.4, -0.2) is 38.8 Å². The molecule has 7 heteroatoms. The van der Waals surface area contributed by atoms with Gasteiger partial charge in [0.25, 0.3) is 0 Å². The summed E-state index contributed by atoms with van der Waals surface area (Å²) in [6.45, 7) is 2.59. The molecular weight excluding hydrogens is 448 g/mol. The molecule has 1 saturated heterocycles. The van der Waals surface area contributed by atoms with E-state index in [2.05, 4.69) is 5.32 Å². The van der Waals surface area contributed by atoms with Gasteiger partial charge in [-0.2, -0.15) is 4.31 Å². The number of carbonyl (C=O) groups is 1. The highest BCUT2D eigenvalue weighted by molar-refractivity contribution is 7.89. The summed E-state index contributed by atoms with van der Waals surface area (Å²) in [7, 11) is -2.15. The van der Waals surface area contributed by atoms with Crippen LogP contribution >= 0.6 is 0 Å². The third-order valence-electron chi connectivity index (χ3n) is 6.28. The standard InChI is InChI=1S/C27H30N2O4S/c1-20-10-12-22(13-11-20)26(21-7-4-3-5-8-21)28-27(30)23-9-6-18-29(19-23)34(31,32)25-16-14-24(33-2)15-17-25/h3-5,7-8,10-17,23,26H,6,9,18-19H2,1-2H3,(H,28,30)/t23-,26+/m0/s1. The van der Waals surface area contributed by atoms with E-state index in [0.29, 0.717) is 25.1 Å². The second-order valence-corrected chi connectivity index (χ2v) is 10.6. The first-order valence-corrected chi connectivity index (χ1v) is 12.9. The fourth-order valence-corrected chi connectivity index (χ4v) is 5.82. The second kappa shape index (κ2) is 10.4. The average Bonchev–Trinajstić information content (AvgIpc) is 2.88. The third kappa shape index (κ3) is 5.32. The monoisotopic (exact) mass is 478 g/mol. The van der Waals surface area contributed by atoms with Crippen LogP contribution in [0.25, 0.3) is 0 Å². The van der Waals surface area contributed by atoms with Gasteiger partial charge in [0.15, 0.2) is 0 Å². The number of nitrogens with zero attached hydrogens (tertiary/aromatic N) is 1. The number of nitrogens with one attached hydrogen (secondary N) is 1. The van der Waals surface area contributed by atoms with E-state index in [0.717, 1.165) is 16.7 Å². The Balaban J connectivity index is 1.52. The molecule has 0 radical (unpaired) electrons. The van der Waals surface area contributed by atoms with E-state index in [1.165, 1.54) is 11.4 Å². The predicted molar refractivity (Wildman–Crippen MR) is 132 cm³/mol. The molecule has 3 aromatic carbocycles. The molecule has 0 aliphatic carbocycles. The summed E-state index contributed by atoms with van der Waals surface area (Å²) in [4.78, 5) is 13.6. The van der Waals surface area contributed by atoms with Crippen LogP contribution in [0.1, 0.15) is 35.6 Å². The fourth-order valence-electron chi connectivity index (χ4n) is 4.30. The summed E-state index contributed by atoms with van der Waals surface area (Å²) in [5, 5.41) is 3.19. The molecule has 0 saturated carbocycles. The summed E-state index contributed by atoms with van der Waals surface area (Å²) >= 11 is 0. The summed E-state index contributed by atoms with van der Waals surface area (Å²) < 4.78 is 33.0. The zero-order valence-corrected chi connectivity index (χ0v) is 20.3. The summed E-state index contributed by atoms with van der Waals surface area (Å²) in [6.07, 6.45) is 1.28. The minimum Gasteiger partial charge on any atom is -0.497 e. The van der Waals surface area contributed by atoms with Crippen molar-refractivity contribution < 1.29 is 17.9 Å². The number of methoxy groups -OCH3 is 1. The largest absolute Gasteiger partial charge is 0.497 e. The first-order chi connectivity index (χ1) is 16.4. The van der Waals surface area contributed by atoms with Crippen LogP contribution in [0.4, 0.5) is 0 Å². The van der Waals surface area contributed by atoms with E-state index in [1.54, 1.807) is 24.3 Å². The van der Waals surface area contributed by atoms with Crippen LogP contribution in [0.3, 0.4) is 0 Å². The Bertz CT molecular complexity index is 1210. The van der Waals surface area contributed by atoms with Gasteiger partial charge in [0.2, 0.25) is 15.9 Å². The molecule has 34 heavy (non-hydrogen) atoms. The van der Waals surface area contributed by atoms with E-state index in [4.69, 9.17) is 4.74 Å². The Hall–Kier alpha value is -3.16. The molecule has 1 amide bonds. The molecule has 0 bridgehead atoms. The van der Waals surface area contributed by atoms with Gasteiger partial charge >= 0.3 is 0 Å². The highest BCUT2D eigenvalue weighted by Crippen LogP contribution is 2.27. The van der Waals surface area contributed by atoms with Crippen molar-refractivity contribution in [3.8, 4) is 5.75 Å². The number of ether oxygens (including phenoxy) is 1. The number of aryl methyl sites for hydroxylation is 1. The van der Waals surface area contributed by atoms with Gasteiger partial charge in [0.1, 0.15) is 5.75 Å². The van der Waals surface area contributed by atoms with Crippen LogP contribution < -0.4 is 10.1 Å². The van der Waals surface area contributed by atoms with Crippen molar-refractivity contribution in [2.45, 2.75) is 30.7 Å². The molecule has 0 aromatic heterocycles. The number of piperidine rings is 1. The molecule has 4 rings (SSSR count). The molecule has 6 nitrogen and oxygen atoms in total. The van der Waals surface area contributed by atoms with E-state index in [9.17, 15) is 13.2 Å². The van der Waals surface area contributed by atoms with Gasteiger partial charge in [-0.3, -0.25) is 4.79 Å². The normalized spacial score (nSPS) is 17.6. The fraction of sp³-hybridized carbons (Fsp3) is 0.296. The Morgan fingerprint density at radius 2 is 1.62 bits per heavy atom. The second-order valence-electron chi connectivity index (χ2n) is 8.64. The zero-order chi connectivity index (χ0) is 24.1. The smallest absolute Gasteiger partial charge is 0.243 e. The van der Waals surface area contributed by atoms with Gasteiger partial charge in [0, 0.05) is 13.1 Å². The van der Waals surface area contributed by atoms with Gasteiger partial charge in [-0.25, -0.2) is 8.42 Å². The van der Waals surface area contributed by atoms with Crippen LogP contribution in [0.5, 0.6) is 5.75 Å². The number of benzene rings is 3. The van der Waals surface area contributed by atoms with Crippen molar-refractivity contribution in [3.05, 3.63) is 95.6 Å². The summed E-state index contributed by atoms with van der Waals surface area (Å²) in [6, 6.07) is 24.0. The maximum absolute atomic E-state index is 13.4. The van der Waals surface area contributed by atoms with Crippen molar-refractivity contribution in [3.63, 3.8) is 0 Å². The summed E-state index contributed by atoms with van der Waals surface area (Å²) in [5.41, 5.74) is 3.12. The number of hydrogen-bond donors (Lipinski definition) is 1. The number of rotatable bonds is 7. The van der Waals surface area contributed by atoms with Gasteiger partial charge in [-0.15, -0.1) is 0 Å². The zero-order valence-electron chi connectivity index (χ0n) is 19.5. The summed E-state index contributed by atoms with van der Waals surface area (Å²) in [5.74, 6) is 0.0420. The molecule has 0 unspecified atom stereocenters. The maximum Gasteiger partial charge on any atom is 0.243 e. The highest BCUT2D eigenvalue weighted by Gasteiger charge is 2.34. The lowest BCUT2D eigenvalue weighted by atomic mass is 9.94. The van der Waals surface area contributed by atoms with Crippen molar-refractivity contribution in [1.82, 2.24) is 9.62 Å². The molecule has 1 heterocycles.